The van der Waals surface area contributed by atoms with E-state index in [2.05, 4.69) is 11.1 Å². The fourth-order valence-corrected chi connectivity index (χ4v) is 2.56. The maximum Gasteiger partial charge on any atom is 0.293 e. The molecule has 8 nitrogen and oxygen atoms in total. The van der Waals surface area contributed by atoms with Crippen molar-refractivity contribution in [1.82, 2.24) is 9.55 Å². The average Bonchev–Trinajstić information content (AvgIpc) is 3.04. The van der Waals surface area contributed by atoms with Crippen LogP contribution in [0.2, 0.25) is 0 Å². The molecule has 8 heteroatoms. The van der Waals surface area contributed by atoms with Gasteiger partial charge >= 0.3 is 0 Å². The molecule has 0 aliphatic carbocycles. The number of hydrogen-bond acceptors (Lipinski definition) is 6. The van der Waals surface area contributed by atoms with Crippen LogP contribution in [0, 0.1) is 27.4 Å². The second kappa shape index (κ2) is 7.57. The zero-order valence-corrected chi connectivity index (χ0v) is 14.3. The predicted octanol–water partition coefficient (Wildman–Crippen LogP) is 2.55. The number of carbonyl (C=O) groups is 1. The second-order valence-corrected chi connectivity index (χ2v) is 5.72. The third-order valence-corrected chi connectivity index (χ3v) is 3.90. The molecular weight excluding hydrogens is 322 g/mol. The van der Waals surface area contributed by atoms with E-state index in [1.165, 1.54) is 12.3 Å². The smallest absolute Gasteiger partial charge is 0.293 e. The zero-order valence-electron chi connectivity index (χ0n) is 14.3. The number of nitriles is 1. The van der Waals surface area contributed by atoms with E-state index in [0.717, 1.165) is 0 Å². The van der Waals surface area contributed by atoms with Gasteiger partial charge in [0.25, 0.3) is 5.69 Å². The number of nitro benzene ring substituents is 1. The van der Waals surface area contributed by atoms with Crippen LogP contribution in [0.4, 0.5) is 11.4 Å². The van der Waals surface area contributed by atoms with Gasteiger partial charge < -0.3 is 9.47 Å². The lowest BCUT2D eigenvalue weighted by atomic mass is 10.1. The first-order chi connectivity index (χ1) is 11.9. The van der Waals surface area contributed by atoms with Crippen molar-refractivity contribution in [2.45, 2.75) is 13.8 Å². The first-order valence-corrected chi connectivity index (χ1v) is 7.84. The summed E-state index contributed by atoms with van der Waals surface area (Å²) in [6.45, 7) is 4.51. The molecule has 1 heterocycles. The lowest BCUT2D eigenvalue weighted by molar-refractivity contribution is -0.384. The monoisotopic (exact) mass is 341 g/mol. The molecule has 0 N–H and O–H groups in total. The summed E-state index contributed by atoms with van der Waals surface area (Å²) in [5.74, 6) is -0.434. The summed E-state index contributed by atoms with van der Waals surface area (Å²) in [6.07, 6.45) is 3.14. The summed E-state index contributed by atoms with van der Waals surface area (Å²) in [7, 11) is 1.69. The summed E-state index contributed by atoms with van der Waals surface area (Å²) < 4.78 is 1.56. The van der Waals surface area contributed by atoms with Crippen LogP contribution in [0.5, 0.6) is 0 Å². The minimum Gasteiger partial charge on any atom is -0.365 e. The summed E-state index contributed by atoms with van der Waals surface area (Å²) in [5, 5.41) is 20.5. The number of nitro groups is 1. The highest BCUT2D eigenvalue weighted by Gasteiger charge is 2.23. The van der Waals surface area contributed by atoms with Gasteiger partial charge in [0.15, 0.2) is 5.82 Å². The number of hydrogen-bond donors (Lipinski definition) is 0. The second-order valence-electron chi connectivity index (χ2n) is 5.72. The van der Waals surface area contributed by atoms with Crippen LogP contribution < -0.4 is 4.90 Å². The van der Waals surface area contributed by atoms with E-state index in [-0.39, 0.29) is 28.8 Å². The molecule has 1 aromatic heterocycles. The number of nitrogens with zero attached hydrogens (tertiary/aromatic N) is 5. The molecule has 25 heavy (non-hydrogen) atoms. The molecule has 1 aromatic carbocycles. The van der Waals surface area contributed by atoms with Crippen LogP contribution in [0.3, 0.4) is 0 Å². The Labute approximate surface area is 145 Å². The zero-order chi connectivity index (χ0) is 18.6. The molecule has 0 aliphatic heterocycles. The molecule has 130 valence electrons. The van der Waals surface area contributed by atoms with Gasteiger partial charge in [-0.05, 0) is 26.0 Å². The Bertz CT molecular complexity index is 837. The fourth-order valence-electron chi connectivity index (χ4n) is 2.56. The number of aromatic nitrogens is 2. The summed E-state index contributed by atoms with van der Waals surface area (Å²) in [5.41, 5.74) is 0.437. The Balaban J connectivity index is 2.44. The van der Waals surface area contributed by atoms with Crippen molar-refractivity contribution < 1.29 is 9.72 Å². The molecule has 0 saturated heterocycles. The molecule has 0 spiro atoms. The maximum atomic E-state index is 12.5. The van der Waals surface area contributed by atoms with E-state index in [4.69, 9.17) is 5.26 Å². The summed E-state index contributed by atoms with van der Waals surface area (Å²) in [4.78, 5) is 29.3. The lowest BCUT2D eigenvalue weighted by Crippen LogP contribution is -2.28. The van der Waals surface area contributed by atoms with Crippen molar-refractivity contribution in [3.05, 3.63) is 52.1 Å². The maximum absolute atomic E-state index is 12.5. The van der Waals surface area contributed by atoms with Gasteiger partial charge in [0.05, 0.1) is 16.9 Å². The third-order valence-electron chi connectivity index (χ3n) is 3.90. The van der Waals surface area contributed by atoms with Gasteiger partial charge in [-0.3, -0.25) is 14.9 Å². The molecule has 0 fully saturated rings. The number of rotatable bonds is 7. The van der Waals surface area contributed by atoms with Crippen molar-refractivity contribution >= 4 is 17.2 Å². The molecule has 1 unspecified atom stereocenters. The van der Waals surface area contributed by atoms with Gasteiger partial charge in [-0.2, -0.15) is 5.26 Å². The normalized spacial score (nSPS) is 11.6. The molecule has 0 aliphatic rings. The molecule has 0 amide bonds. The van der Waals surface area contributed by atoms with Crippen molar-refractivity contribution in [3.8, 4) is 6.07 Å². The molecule has 0 bridgehead atoms. The third kappa shape index (κ3) is 3.83. The first-order valence-electron chi connectivity index (χ1n) is 7.84. The van der Waals surface area contributed by atoms with Crippen LogP contribution in [-0.2, 0) is 7.05 Å². The van der Waals surface area contributed by atoms with Crippen LogP contribution >= 0.6 is 0 Å². The highest BCUT2D eigenvalue weighted by molar-refractivity contribution is 6.07. The lowest BCUT2D eigenvalue weighted by Gasteiger charge is -2.24. The number of ketones is 1. The number of imidazole rings is 1. The van der Waals surface area contributed by atoms with E-state index in [9.17, 15) is 14.9 Å². The number of benzene rings is 1. The minimum atomic E-state index is -0.510. The Morgan fingerprint density at radius 2 is 2.24 bits per heavy atom. The molecule has 1 atom stereocenters. The van der Waals surface area contributed by atoms with E-state index in [0.29, 0.717) is 18.8 Å². The number of carbonyl (C=O) groups excluding carboxylic acids is 1. The predicted molar refractivity (Wildman–Crippen MR) is 92.4 cm³/mol. The van der Waals surface area contributed by atoms with Crippen molar-refractivity contribution in [2.24, 2.45) is 13.0 Å². The molecular formula is C17H19N5O3. The van der Waals surface area contributed by atoms with E-state index >= 15 is 0 Å². The van der Waals surface area contributed by atoms with Gasteiger partial charge in [0.1, 0.15) is 5.69 Å². The van der Waals surface area contributed by atoms with Crippen LogP contribution in [-0.4, -0.2) is 33.3 Å². The van der Waals surface area contributed by atoms with Gasteiger partial charge in [-0.1, -0.05) is 0 Å². The molecule has 2 rings (SSSR count). The SMILES string of the molecule is CCN(CC(C)C#N)c1ccc(C(=O)c2nccn2C)cc1[N+](=O)[O-]. The molecule has 0 saturated carbocycles. The van der Waals surface area contributed by atoms with Crippen LogP contribution in [0.25, 0.3) is 0 Å². The average molecular weight is 341 g/mol. The van der Waals surface area contributed by atoms with Crippen molar-refractivity contribution in [1.29, 1.82) is 5.26 Å². The van der Waals surface area contributed by atoms with Crippen LogP contribution in [0.15, 0.2) is 30.6 Å². The van der Waals surface area contributed by atoms with E-state index in [1.54, 1.807) is 41.8 Å². The summed E-state index contributed by atoms with van der Waals surface area (Å²) in [6, 6.07) is 6.51. The largest absolute Gasteiger partial charge is 0.365 e. The van der Waals surface area contributed by atoms with Gasteiger partial charge in [-0.15, -0.1) is 0 Å². The standard InChI is InChI=1S/C17H19N5O3/c1-4-21(11-12(2)10-18)14-6-5-13(9-15(14)22(24)25)16(23)17-19-7-8-20(17)3/h5-9,12H,4,11H2,1-3H3. The van der Waals surface area contributed by atoms with Gasteiger partial charge in [0, 0.05) is 44.2 Å². The first kappa shape index (κ1) is 18.1. The number of aryl methyl sites for hydroxylation is 1. The highest BCUT2D eigenvalue weighted by atomic mass is 16.6. The Morgan fingerprint density at radius 3 is 2.76 bits per heavy atom. The van der Waals surface area contributed by atoms with E-state index < -0.39 is 4.92 Å². The van der Waals surface area contributed by atoms with Gasteiger partial charge in [0.2, 0.25) is 5.78 Å². The molecule has 0 radical (unpaired) electrons. The Hall–Kier alpha value is -3.21. The quantitative estimate of drug-likeness (QED) is 0.435. The molecule has 2 aromatic rings. The Morgan fingerprint density at radius 1 is 1.52 bits per heavy atom. The van der Waals surface area contributed by atoms with Crippen LogP contribution in [0.1, 0.15) is 30.0 Å². The highest BCUT2D eigenvalue weighted by Crippen LogP contribution is 2.30. The van der Waals surface area contributed by atoms with Gasteiger partial charge in [-0.25, -0.2) is 4.98 Å². The van der Waals surface area contributed by atoms with E-state index in [1.807, 2.05) is 6.92 Å². The van der Waals surface area contributed by atoms with Crippen molar-refractivity contribution in [2.75, 3.05) is 18.0 Å². The number of anilines is 1. The minimum absolute atomic E-state index is 0.160. The fraction of sp³-hybridized carbons (Fsp3) is 0.353. The summed E-state index contributed by atoms with van der Waals surface area (Å²) >= 11 is 0. The topological polar surface area (TPSA) is 105 Å². The Kier molecular flexibility index (Phi) is 5.49. The van der Waals surface area contributed by atoms with Crippen molar-refractivity contribution in [3.63, 3.8) is 0 Å².